The molecular weight excluding hydrogens is 453 g/mol. The largest absolute Gasteiger partial charge is 0.494 e. The third-order valence-corrected chi connectivity index (χ3v) is 4.66. The highest BCUT2D eigenvalue weighted by Crippen LogP contribution is 2.33. The first-order valence-electron chi connectivity index (χ1n) is 9.16. The van der Waals surface area contributed by atoms with Crippen LogP contribution in [0.2, 0.25) is 15.1 Å². The zero-order valence-corrected chi connectivity index (χ0v) is 18.4. The minimum Gasteiger partial charge on any atom is -0.494 e. The SMILES string of the molecule is CCCOc1ccc(C(=O)CCC(=O)OCC(=O)Nc2c(Cl)cc(Cl)cc2Cl)cc1. The molecule has 1 N–H and O–H groups in total. The number of hydrogen-bond acceptors (Lipinski definition) is 5. The van der Waals surface area contributed by atoms with E-state index in [0.29, 0.717) is 22.9 Å². The number of amides is 1. The predicted molar refractivity (Wildman–Crippen MR) is 117 cm³/mol. The lowest BCUT2D eigenvalue weighted by atomic mass is 10.1. The van der Waals surface area contributed by atoms with Crippen molar-refractivity contribution in [1.29, 1.82) is 0 Å². The highest BCUT2D eigenvalue weighted by atomic mass is 35.5. The first kappa shape index (κ1) is 24.0. The lowest BCUT2D eigenvalue weighted by Gasteiger charge is -2.10. The molecule has 0 atom stereocenters. The fourth-order valence-electron chi connectivity index (χ4n) is 2.37. The van der Waals surface area contributed by atoms with Gasteiger partial charge in [-0.2, -0.15) is 0 Å². The molecule has 0 fully saturated rings. The van der Waals surface area contributed by atoms with Gasteiger partial charge in [0.05, 0.1) is 28.8 Å². The van der Waals surface area contributed by atoms with Crippen molar-refractivity contribution in [3.8, 4) is 5.75 Å². The Kier molecular flexibility index (Phi) is 9.43. The average molecular weight is 473 g/mol. The van der Waals surface area contributed by atoms with E-state index in [1.54, 1.807) is 24.3 Å². The number of Topliss-reactive ketones (excluding diaryl/α,β-unsaturated/α-hetero) is 1. The standard InChI is InChI=1S/C21H20Cl3NO5/c1-2-9-29-15-5-3-13(4-6-15)18(26)7-8-20(28)30-12-19(27)25-21-16(23)10-14(22)11-17(21)24/h3-6,10-11H,2,7-9,12H2,1H3,(H,25,27). The van der Waals surface area contributed by atoms with Gasteiger partial charge in [0, 0.05) is 17.0 Å². The number of anilines is 1. The zero-order chi connectivity index (χ0) is 22.1. The molecule has 2 aromatic carbocycles. The Balaban J connectivity index is 1.76. The summed E-state index contributed by atoms with van der Waals surface area (Å²) in [4.78, 5) is 36.0. The van der Waals surface area contributed by atoms with Crippen molar-refractivity contribution in [3.05, 3.63) is 57.0 Å². The molecule has 0 aliphatic heterocycles. The Labute approximate surface area is 189 Å². The van der Waals surface area contributed by atoms with E-state index in [1.165, 1.54) is 12.1 Å². The summed E-state index contributed by atoms with van der Waals surface area (Å²) < 4.78 is 10.4. The van der Waals surface area contributed by atoms with Crippen molar-refractivity contribution in [1.82, 2.24) is 0 Å². The third-order valence-electron chi connectivity index (χ3n) is 3.84. The number of ether oxygens (including phenoxy) is 2. The highest BCUT2D eigenvalue weighted by Gasteiger charge is 2.15. The van der Waals surface area contributed by atoms with Crippen LogP contribution in [0.5, 0.6) is 5.75 Å². The molecule has 160 valence electrons. The maximum Gasteiger partial charge on any atom is 0.306 e. The van der Waals surface area contributed by atoms with Crippen molar-refractivity contribution in [3.63, 3.8) is 0 Å². The molecule has 2 aromatic rings. The number of nitrogens with one attached hydrogen (secondary N) is 1. The maximum absolute atomic E-state index is 12.2. The Morgan fingerprint density at radius 3 is 2.20 bits per heavy atom. The molecule has 6 nitrogen and oxygen atoms in total. The van der Waals surface area contributed by atoms with Crippen molar-refractivity contribution in [2.24, 2.45) is 0 Å². The molecule has 0 heterocycles. The minimum absolute atomic E-state index is 0.0372. The topological polar surface area (TPSA) is 81.7 Å². The van der Waals surface area contributed by atoms with Crippen molar-refractivity contribution < 1.29 is 23.9 Å². The maximum atomic E-state index is 12.2. The van der Waals surface area contributed by atoms with Crippen LogP contribution >= 0.6 is 34.8 Å². The van der Waals surface area contributed by atoms with Crippen molar-refractivity contribution >= 4 is 58.1 Å². The molecule has 2 rings (SSSR count). The lowest BCUT2D eigenvalue weighted by Crippen LogP contribution is -2.21. The monoisotopic (exact) mass is 471 g/mol. The van der Waals surface area contributed by atoms with Gasteiger partial charge in [-0.1, -0.05) is 41.7 Å². The van der Waals surface area contributed by atoms with Crippen LogP contribution < -0.4 is 10.1 Å². The van der Waals surface area contributed by atoms with E-state index >= 15 is 0 Å². The molecule has 0 saturated carbocycles. The molecule has 0 spiro atoms. The average Bonchev–Trinajstić information content (AvgIpc) is 2.71. The van der Waals surface area contributed by atoms with Gasteiger partial charge in [-0.3, -0.25) is 14.4 Å². The number of carbonyl (C=O) groups is 3. The number of carbonyl (C=O) groups excluding carboxylic acids is 3. The molecule has 1 amide bonds. The number of esters is 1. The summed E-state index contributed by atoms with van der Waals surface area (Å²) in [5.41, 5.74) is 0.640. The molecule has 0 saturated heterocycles. The Hall–Kier alpha value is -2.28. The number of hydrogen-bond donors (Lipinski definition) is 1. The Bertz CT molecular complexity index is 892. The fourth-order valence-corrected chi connectivity index (χ4v) is 3.28. The van der Waals surface area contributed by atoms with E-state index in [0.717, 1.165) is 6.42 Å². The summed E-state index contributed by atoms with van der Waals surface area (Å²) >= 11 is 17.8. The van der Waals surface area contributed by atoms with Gasteiger partial charge in [0.1, 0.15) is 5.75 Å². The van der Waals surface area contributed by atoms with Gasteiger partial charge < -0.3 is 14.8 Å². The Morgan fingerprint density at radius 1 is 0.967 bits per heavy atom. The molecule has 0 aliphatic rings. The summed E-state index contributed by atoms with van der Waals surface area (Å²) in [6, 6.07) is 9.55. The van der Waals surface area contributed by atoms with Gasteiger partial charge in [0.25, 0.3) is 5.91 Å². The lowest BCUT2D eigenvalue weighted by molar-refractivity contribution is -0.147. The highest BCUT2D eigenvalue weighted by molar-refractivity contribution is 6.42. The minimum atomic E-state index is -0.672. The number of halogens is 3. The summed E-state index contributed by atoms with van der Waals surface area (Å²) in [5, 5.41) is 3.09. The van der Waals surface area contributed by atoms with Gasteiger partial charge in [-0.25, -0.2) is 0 Å². The van der Waals surface area contributed by atoms with Gasteiger partial charge in [0.15, 0.2) is 12.4 Å². The molecule has 0 aromatic heterocycles. The predicted octanol–water partition coefficient (Wildman–Crippen LogP) is 5.58. The van der Waals surface area contributed by atoms with Crippen LogP contribution in [0, 0.1) is 0 Å². The summed E-state index contributed by atoms with van der Waals surface area (Å²) in [5.74, 6) is -0.823. The summed E-state index contributed by atoms with van der Waals surface area (Å²) in [7, 11) is 0. The van der Waals surface area contributed by atoms with E-state index in [-0.39, 0.29) is 34.4 Å². The first-order valence-corrected chi connectivity index (χ1v) is 10.3. The van der Waals surface area contributed by atoms with E-state index < -0.39 is 18.5 Å². The van der Waals surface area contributed by atoms with Crippen LogP contribution in [0.25, 0.3) is 0 Å². The molecule has 0 radical (unpaired) electrons. The van der Waals surface area contributed by atoms with Crippen LogP contribution in [0.1, 0.15) is 36.5 Å². The second-order valence-electron chi connectivity index (χ2n) is 6.25. The summed E-state index contributed by atoms with van der Waals surface area (Å²) in [6.45, 7) is 2.07. The normalized spacial score (nSPS) is 10.4. The van der Waals surface area contributed by atoms with Gasteiger partial charge in [0.2, 0.25) is 0 Å². The zero-order valence-electron chi connectivity index (χ0n) is 16.2. The van der Waals surface area contributed by atoms with Crippen LogP contribution in [-0.4, -0.2) is 30.9 Å². The van der Waals surface area contributed by atoms with Gasteiger partial charge >= 0.3 is 5.97 Å². The molecule has 0 unspecified atom stereocenters. The van der Waals surface area contributed by atoms with Crippen molar-refractivity contribution in [2.75, 3.05) is 18.5 Å². The fraction of sp³-hybridized carbons (Fsp3) is 0.286. The molecule has 9 heteroatoms. The van der Waals surface area contributed by atoms with E-state index in [9.17, 15) is 14.4 Å². The smallest absolute Gasteiger partial charge is 0.306 e. The Morgan fingerprint density at radius 2 is 1.60 bits per heavy atom. The van der Waals surface area contributed by atoms with Crippen LogP contribution in [-0.2, 0) is 14.3 Å². The van der Waals surface area contributed by atoms with E-state index in [2.05, 4.69) is 5.32 Å². The van der Waals surface area contributed by atoms with Crippen LogP contribution in [0.4, 0.5) is 5.69 Å². The summed E-state index contributed by atoms with van der Waals surface area (Å²) in [6.07, 6.45) is 0.702. The van der Waals surface area contributed by atoms with E-state index in [4.69, 9.17) is 44.3 Å². The van der Waals surface area contributed by atoms with Gasteiger partial charge in [-0.05, 0) is 42.8 Å². The van der Waals surface area contributed by atoms with Crippen LogP contribution in [0.3, 0.4) is 0 Å². The molecule has 0 aliphatic carbocycles. The third kappa shape index (κ3) is 7.52. The van der Waals surface area contributed by atoms with Crippen LogP contribution in [0.15, 0.2) is 36.4 Å². The molecular formula is C21H20Cl3NO5. The molecule has 30 heavy (non-hydrogen) atoms. The second kappa shape index (κ2) is 11.8. The van der Waals surface area contributed by atoms with Crippen molar-refractivity contribution in [2.45, 2.75) is 26.2 Å². The van der Waals surface area contributed by atoms with Gasteiger partial charge in [-0.15, -0.1) is 0 Å². The molecule has 0 bridgehead atoms. The number of rotatable bonds is 10. The number of ketones is 1. The quantitative estimate of drug-likeness (QED) is 0.360. The van der Waals surface area contributed by atoms with E-state index in [1.807, 2.05) is 6.92 Å². The first-order chi connectivity index (χ1) is 14.3. The second-order valence-corrected chi connectivity index (χ2v) is 7.50. The number of benzene rings is 2.